The molecule has 0 bridgehead atoms. The summed E-state index contributed by atoms with van der Waals surface area (Å²) in [6, 6.07) is 8.93. The Morgan fingerprint density at radius 3 is 2.87 bits per heavy atom. The lowest BCUT2D eigenvalue weighted by Gasteiger charge is -2.13. The van der Waals surface area contributed by atoms with Crippen molar-refractivity contribution in [2.75, 3.05) is 12.8 Å². The lowest BCUT2D eigenvalue weighted by molar-refractivity contribution is 0.581. The van der Waals surface area contributed by atoms with Crippen molar-refractivity contribution >= 4 is 11.8 Å². The lowest BCUT2D eigenvalue weighted by Crippen LogP contribution is -2.28. The first-order valence-corrected chi connectivity index (χ1v) is 6.29. The summed E-state index contributed by atoms with van der Waals surface area (Å²) in [6.45, 7) is 2.80. The van der Waals surface area contributed by atoms with E-state index in [1.807, 2.05) is 0 Å². The van der Waals surface area contributed by atoms with Gasteiger partial charge in [-0.3, -0.25) is 0 Å². The molecule has 1 N–H and O–H groups in total. The second-order valence-electron chi connectivity index (χ2n) is 3.50. The van der Waals surface area contributed by atoms with Crippen molar-refractivity contribution in [3.63, 3.8) is 0 Å². The highest BCUT2D eigenvalue weighted by atomic mass is 32.2. The van der Waals surface area contributed by atoms with E-state index in [4.69, 9.17) is 6.42 Å². The minimum Gasteiger partial charge on any atom is -0.303 e. The predicted molar refractivity (Wildman–Crippen MR) is 68.2 cm³/mol. The van der Waals surface area contributed by atoms with Crippen molar-refractivity contribution in [2.45, 2.75) is 24.3 Å². The molecule has 0 aromatic heterocycles. The molecule has 0 saturated heterocycles. The highest BCUT2D eigenvalue weighted by Gasteiger charge is 2.05. The van der Waals surface area contributed by atoms with Crippen LogP contribution in [0.2, 0.25) is 0 Å². The van der Waals surface area contributed by atoms with Crippen LogP contribution in [0.5, 0.6) is 0 Å². The van der Waals surface area contributed by atoms with E-state index in [1.54, 1.807) is 11.8 Å². The lowest BCUT2D eigenvalue weighted by atomic mass is 10.1. The first-order valence-electron chi connectivity index (χ1n) is 5.06. The van der Waals surface area contributed by atoms with Crippen LogP contribution in [0.1, 0.15) is 12.5 Å². The van der Waals surface area contributed by atoms with Crippen molar-refractivity contribution < 1.29 is 0 Å². The molecule has 15 heavy (non-hydrogen) atoms. The Balaban J connectivity index is 2.59. The third kappa shape index (κ3) is 3.99. The Hall–Kier alpha value is -0.910. The topological polar surface area (TPSA) is 12.0 Å². The zero-order valence-corrected chi connectivity index (χ0v) is 10.1. The van der Waals surface area contributed by atoms with Gasteiger partial charge in [0.05, 0.1) is 6.54 Å². The zero-order chi connectivity index (χ0) is 11.1. The Kier molecular flexibility index (Phi) is 5.31. The number of terminal acetylenes is 1. The Labute approximate surface area is 96.7 Å². The summed E-state index contributed by atoms with van der Waals surface area (Å²) < 4.78 is 0. The standard InChI is InChI=1S/C13H17NS/c1-4-9-14-11(2)10-12-7-5-6-8-13(12)15-3/h1,5-8,11,14H,9-10H2,2-3H3. The quantitative estimate of drug-likeness (QED) is 0.603. The molecule has 1 atom stereocenters. The molecule has 0 amide bonds. The average molecular weight is 219 g/mol. The number of nitrogens with one attached hydrogen (secondary N) is 1. The third-order valence-electron chi connectivity index (χ3n) is 2.27. The maximum absolute atomic E-state index is 5.21. The monoisotopic (exact) mass is 219 g/mol. The van der Waals surface area contributed by atoms with Crippen LogP contribution >= 0.6 is 11.8 Å². The molecular weight excluding hydrogens is 202 g/mol. The van der Waals surface area contributed by atoms with Crippen LogP contribution in [0, 0.1) is 12.3 Å². The molecule has 1 nitrogen and oxygen atoms in total. The molecule has 2 heteroatoms. The molecule has 1 unspecified atom stereocenters. The van der Waals surface area contributed by atoms with Crippen molar-refractivity contribution in [1.82, 2.24) is 5.32 Å². The number of hydrogen-bond donors (Lipinski definition) is 1. The minimum atomic E-state index is 0.425. The van der Waals surface area contributed by atoms with Gasteiger partial charge in [0.25, 0.3) is 0 Å². The molecule has 1 aromatic rings. The molecule has 0 aliphatic rings. The summed E-state index contributed by atoms with van der Waals surface area (Å²) >= 11 is 1.79. The van der Waals surface area contributed by atoms with Crippen LogP contribution in [0.15, 0.2) is 29.2 Å². The van der Waals surface area contributed by atoms with Gasteiger partial charge in [0, 0.05) is 10.9 Å². The van der Waals surface area contributed by atoms with Gasteiger partial charge in [0.2, 0.25) is 0 Å². The molecule has 0 heterocycles. The number of benzene rings is 1. The zero-order valence-electron chi connectivity index (χ0n) is 9.29. The molecular formula is C13H17NS. The first kappa shape index (κ1) is 12.2. The smallest absolute Gasteiger partial charge is 0.0575 e. The minimum absolute atomic E-state index is 0.425. The largest absolute Gasteiger partial charge is 0.303 e. The van der Waals surface area contributed by atoms with Gasteiger partial charge in [-0.2, -0.15) is 0 Å². The van der Waals surface area contributed by atoms with E-state index in [0.29, 0.717) is 12.6 Å². The summed E-state index contributed by atoms with van der Waals surface area (Å²) in [6.07, 6.45) is 8.35. The summed E-state index contributed by atoms with van der Waals surface area (Å²) in [7, 11) is 0. The van der Waals surface area contributed by atoms with Gasteiger partial charge in [0.15, 0.2) is 0 Å². The van der Waals surface area contributed by atoms with Gasteiger partial charge in [-0.25, -0.2) is 0 Å². The van der Waals surface area contributed by atoms with Gasteiger partial charge >= 0.3 is 0 Å². The van der Waals surface area contributed by atoms with Crippen LogP contribution in [-0.4, -0.2) is 18.8 Å². The molecule has 0 fully saturated rings. The first-order chi connectivity index (χ1) is 7.27. The normalized spacial score (nSPS) is 12.1. The van der Waals surface area contributed by atoms with Crippen molar-refractivity contribution in [3.05, 3.63) is 29.8 Å². The second kappa shape index (κ2) is 6.55. The second-order valence-corrected chi connectivity index (χ2v) is 4.35. The molecule has 0 aliphatic heterocycles. The summed E-state index contributed by atoms with van der Waals surface area (Å²) in [4.78, 5) is 1.35. The van der Waals surface area contributed by atoms with Crippen LogP contribution < -0.4 is 5.32 Å². The van der Waals surface area contributed by atoms with Crippen LogP contribution in [0.25, 0.3) is 0 Å². The molecule has 1 rings (SSSR count). The summed E-state index contributed by atoms with van der Waals surface area (Å²) in [5, 5.41) is 3.29. The van der Waals surface area contributed by atoms with Crippen molar-refractivity contribution in [3.8, 4) is 12.3 Å². The fourth-order valence-corrected chi connectivity index (χ4v) is 2.14. The fourth-order valence-electron chi connectivity index (χ4n) is 1.51. The summed E-state index contributed by atoms with van der Waals surface area (Å²) in [5.41, 5.74) is 1.39. The predicted octanol–water partition coefficient (Wildman–Crippen LogP) is 2.56. The van der Waals surface area contributed by atoms with Gasteiger partial charge in [0.1, 0.15) is 0 Å². The van der Waals surface area contributed by atoms with E-state index < -0.39 is 0 Å². The van der Waals surface area contributed by atoms with Crippen molar-refractivity contribution in [2.24, 2.45) is 0 Å². The van der Waals surface area contributed by atoms with Crippen molar-refractivity contribution in [1.29, 1.82) is 0 Å². The van der Waals surface area contributed by atoms with E-state index in [2.05, 4.69) is 48.7 Å². The highest BCUT2D eigenvalue weighted by molar-refractivity contribution is 7.98. The Morgan fingerprint density at radius 1 is 1.47 bits per heavy atom. The van der Waals surface area contributed by atoms with E-state index in [9.17, 15) is 0 Å². The number of rotatable bonds is 5. The number of thioether (sulfide) groups is 1. The van der Waals surface area contributed by atoms with E-state index >= 15 is 0 Å². The molecule has 0 saturated carbocycles. The van der Waals surface area contributed by atoms with Crippen LogP contribution in [-0.2, 0) is 6.42 Å². The van der Waals surface area contributed by atoms with Gasteiger partial charge in [-0.05, 0) is 31.2 Å². The maximum Gasteiger partial charge on any atom is 0.0575 e. The van der Waals surface area contributed by atoms with E-state index in [-0.39, 0.29) is 0 Å². The van der Waals surface area contributed by atoms with Gasteiger partial charge in [-0.15, -0.1) is 18.2 Å². The fraction of sp³-hybridized carbons (Fsp3) is 0.385. The number of hydrogen-bond acceptors (Lipinski definition) is 2. The van der Waals surface area contributed by atoms with E-state index in [1.165, 1.54) is 10.5 Å². The van der Waals surface area contributed by atoms with E-state index in [0.717, 1.165) is 6.42 Å². The SMILES string of the molecule is C#CCNC(C)Cc1ccccc1SC. The molecule has 0 aliphatic carbocycles. The molecule has 0 radical (unpaired) electrons. The maximum atomic E-state index is 5.21. The van der Waals surface area contributed by atoms with Gasteiger partial charge in [-0.1, -0.05) is 24.1 Å². The molecule has 0 spiro atoms. The van der Waals surface area contributed by atoms with Crippen LogP contribution in [0.3, 0.4) is 0 Å². The van der Waals surface area contributed by atoms with Crippen LogP contribution in [0.4, 0.5) is 0 Å². The Morgan fingerprint density at radius 2 is 2.20 bits per heavy atom. The summed E-state index contributed by atoms with van der Waals surface area (Å²) in [5.74, 6) is 2.60. The average Bonchev–Trinajstić information content (AvgIpc) is 2.27. The third-order valence-corrected chi connectivity index (χ3v) is 3.11. The Bertz CT molecular complexity index is 341. The molecule has 80 valence electrons. The van der Waals surface area contributed by atoms with Gasteiger partial charge < -0.3 is 5.32 Å². The highest BCUT2D eigenvalue weighted by Crippen LogP contribution is 2.20. The molecule has 1 aromatic carbocycles.